The third-order valence-corrected chi connectivity index (χ3v) is 2.28. The van der Waals surface area contributed by atoms with Gasteiger partial charge in [-0.3, -0.25) is 0 Å². The first-order chi connectivity index (χ1) is 7.15. The van der Waals surface area contributed by atoms with Crippen LogP contribution in [0.5, 0.6) is 0 Å². The number of rotatable bonds is 5. The van der Waals surface area contributed by atoms with Crippen molar-refractivity contribution in [2.24, 2.45) is 0 Å². The minimum absolute atomic E-state index is 0.0135. The van der Waals surface area contributed by atoms with Gasteiger partial charge in [0.1, 0.15) is 17.5 Å². The van der Waals surface area contributed by atoms with Gasteiger partial charge in [-0.15, -0.1) is 0 Å². The molecular weight excluding hydrogens is 201 g/mol. The topological polar surface area (TPSA) is 0 Å². The van der Waals surface area contributed by atoms with Gasteiger partial charge in [-0.1, -0.05) is 26.2 Å². The van der Waals surface area contributed by atoms with E-state index in [1.165, 1.54) is 0 Å². The average Bonchev–Trinajstić information content (AvgIpc) is 2.15. The van der Waals surface area contributed by atoms with E-state index in [-0.39, 0.29) is 5.56 Å². The largest absolute Gasteiger partial charge is 0.207 e. The smallest absolute Gasteiger partial charge is 0.132 e. The summed E-state index contributed by atoms with van der Waals surface area (Å²) in [5.41, 5.74) is -0.0135. The Balaban J connectivity index is 2.60. The minimum Gasteiger partial charge on any atom is -0.207 e. The summed E-state index contributed by atoms with van der Waals surface area (Å²) in [4.78, 5) is 0. The molecule has 1 radical (unpaired) electrons. The monoisotopic (exact) mass is 215 g/mol. The predicted molar refractivity (Wildman–Crippen MR) is 53.8 cm³/mol. The lowest BCUT2D eigenvalue weighted by Crippen LogP contribution is -1.97. The summed E-state index contributed by atoms with van der Waals surface area (Å²) in [6.07, 6.45) is 3.69. The van der Waals surface area contributed by atoms with Crippen LogP contribution in [-0.4, -0.2) is 0 Å². The fourth-order valence-electron chi connectivity index (χ4n) is 1.47. The number of unbranched alkanes of at least 4 members (excludes halogenated alkanes) is 3. The Hall–Kier alpha value is -0.990. The van der Waals surface area contributed by atoms with Gasteiger partial charge in [0.25, 0.3) is 0 Å². The Morgan fingerprint density at radius 1 is 0.933 bits per heavy atom. The van der Waals surface area contributed by atoms with Crippen molar-refractivity contribution in [1.29, 1.82) is 0 Å². The van der Waals surface area contributed by atoms with Crippen molar-refractivity contribution < 1.29 is 13.2 Å². The van der Waals surface area contributed by atoms with Crippen molar-refractivity contribution in [2.75, 3.05) is 0 Å². The van der Waals surface area contributed by atoms with E-state index in [0.29, 0.717) is 12.8 Å². The summed E-state index contributed by atoms with van der Waals surface area (Å²) in [7, 11) is 0. The first kappa shape index (κ1) is 12.1. The second-order valence-corrected chi connectivity index (χ2v) is 3.51. The molecule has 0 unspecified atom stereocenters. The zero-order valence-corrected chi connectivity index (χ0v) is 8.53. The van der Waals surface area contributed by atoms with E-state index in [4.69, 9.17) is 0 Å². The molecule has 0 aliphatic carbocycles. The van der Waals surface area contributed by atoms with Crippen molar-refractivity contribution >= 4 is 0 Å². The van der Waals surface area contributed by atoms with E-state index < -0.39 is 17.5 Å². The van der Waals surface area contributed by atoms with E-state index in [2.05, 4.69) is 6.92 Å². The molecule has 0 amide bonds. The molecule has 0 aromatic heterocycles. The number of hydrogen-bond donors (Lipinski definition) is 0. The van der Waals surface area contributed by atoms with Crippen LogP contribution in [0.15, 0.2) is 12.1 Å². The molecule has 0 saturated carbocycles. The average molecular weight is 215 g/mol. The Labute approximate surface area is 88.1 Å². The molecule has 0 saturated heterocycles. The van der Waals surface area contributed by atoms with Gasteiger partial charge in [-0.25, -0.2) is 13.2 Å². The molecule has 0 N–H and O–H groups in total. The molecule has 0 aliphatic rings. The van der Waals surface area contributed by atoms with E-state index in [1.54, 1.807) is 0 Å². The number of hydrogen-bond acceptors (Lipinski definition) is 0. The van der Waals surface area contributed by atoms with E-state index in [9.17, 15) is 13.2 Å². The highest BCUT2D eigenvalue weighted by Crippen LogP contribution is 2.17. The van der Waals surface area contributed by atoms with Gasteiger partial charge in [-0.05, 0) is 12.8 Å². The van der Waals surface area contributed by atoms with E-state index >= 15 is 0 Å². The van der Waals surface area contributed by atoms with Gasteiger partial charge < -0.3 is 0 Å². The maximum absolute atomic E-state index is 13.1. The zero-order valence-electron chi connectivity index (χ0n) is 8.53. The van der Waals surface area contributed by atoms with Gasteiger partial charge in [0.2, 0.25) is 0 Å². The van der Waals surface area contributed by atoms with Crippen LogP contribution in [0.3, 0.4) is 0 Å². The Morgan fingerprint density at radius 2 is 1.53 bits per heavy atom. The van der Waals surface area contributed by atoms with Crippen LogP contribution in [0.1, 0.15) is 31.2 Å². The standard InChI is InChI=1S/C12H14F3/c1-2-3-4-5-6-10-11(14)7-9(13)8-12(10)15/h7-8H,1-6H2. The van der Waals surface area contributed by atoms with Crippen molar-refractivity contribution in [1.82, 2.24) is 0 Å². The van der Waals surface area contributed by atoms with Gasteiger partial charge in [0.05, 0.1) is 0 Å². The minimum atomic E-state index is -0.869. The maximum atomic E-state index is 13.1. The van der Waals surface area contributed by atoms with Crippen LogP contribution in [-0.2, 0) is 6.42 Å². The molecule has 15 heavy (non-hydrogen) atoms. The van der Waals surface area contributed by atoms with Gasteiger partial charge in [-0.2, -0.15) is 0 Å². The van der Waals surface area contributed by atoms with Crippen molar-refractivity contribution in [3.05, 3.63) is 42.1 Å². The normalized spacial score (nSPS) is 10.7. The first-order valence-corrected chi connectivity index (χ1v) is 5.08. The molecule has 1 rings (SSSR count). The lowest BCUT2D eigenvalue weighted by atomic mass is 10.1. The number of benzene rings is 1. The van der Waals surface area contributed by atoms with Crippen LogP contribution in [0.2, 0.25) is 0 Å². The predicted octanol–water partition coefficient (Wildman–Crippen LogP) is 4.04. The molecular formula is C12H14F3. The molecule has 3 heteroatoms. The quantitative estimate of drug-likeness (QED) is 0.650. The van der Waals surface area contributed by atoms with Crippen molar-refractivity contribution in [3.8, 4) is 0 Å². The van der Waals surface area contributed by atoms with Gasteiger partial charge in [0, 0.05) is 17.7 Å². The molecule has 0 bridgehead atoms. The zero-order chi connectivity index (χ0) is 11.3. The molecule has 1 aromatic carbocycles. The molecule has 0 spiro atoms. The highest BCUT2D eigenvalue weighted by molar-refractivity contribution is 5.20. The first-order valence-electron chi connectivity index (χ1n) is 5.08. The SMILES string of the molecule is [CH2]CCCCCc1c(F)cc(F)cc1F. The maximum Gasteiger partial charge on any atom is 0.132 e. The fraction of sp³-hybridized carbons (Fsp3) is 0.417. The van der Waals surface area contributed by atoms with Gasteiger partial charge >= 0.3 is 0 Å². The summed E-state index contributed by atoms with van der Waals surface area (Å²) < 4.78 is 38.8. The fourth-order valence-corrected chi connectivity index (χ4v) is 1.47. The molecule has 0 fully saturated rings. The summed E-state index contributed by atoms with van der Waals surface area (Å²) in [6, 6.07) is 1.44. The third kappa shape index (κ3) is 3.57. The molecule has 0 heterocycles. The highest BCUT2D eigenvalue weighted by atomic mass is 19.1. The van der Waals surface area contributed by atoms with E-state index in [0.717, 1.165) is 31.4 Å². The Morgan fingerprint density at radius 3 is 2.07 bits per heavy atom. The third-order valence-electron chi connectivity index (χ3n) is 2.28. The second kappa shape index (κ2) is 5.79. The van der Waals surface area contributed by atoms with Crippen molar-refractivity contribution in [3.63, 3.8) is 0 Å². The summed E-state index contributed by atoms with van der Waals surface area (Å²) in [5, 5.41) is 0. The Bertz CT molecular complexity index is 298. The lowest BCUT2D eigenvalue weighted by molar-refractivity contribution is 0.516. The lowest BCUT2D eigenvalue weighted by Gasteiger charge is -2.04. The van der Waals surface area contributed by atoms with Gasteiger partial charge in [0.15, 0.2) is 0 Å². The van der Waals surface area contributed by atoms with E-state index in [1.807, 2.05) is 0 Å². The highest BCUT2D eigenvalue weighted by Gasteiger charge is 2.10. The Kier molecular flexibility index (Phi) is 4.66. The van der Waals surface area contributed by atoms with Crippen LogP contribution >= 0.6 is 0 Å². The molecule has 0 nitrogen and oxygen atoms in total. The van der Waals surface area contributed by atoms with Crippen LogP contribution < -0.4 is 0 Å². The molecule has 0 atom stereocenters. The number of halogens is 3. The summed E-state index contributed by atoms with van der Waals surface area (Å²) >= 11 is 0. The van der Waals surface area contributed by atoms with Crippen LogP contribution in [0.25, 0.3) is 0 Å². The second-order valence-electron chi connectivity index (χ2n) is 3.51. The molecule has 1 aromatic rings. The van der Waals surface area contributed by atoms with Crippen LogP contribution in [0.4, 0.5) is 13.2 Å². The van der Waals surface area contributed by atoms with Crippen LogP contribution in [0, 0.1) is 24.4 Å². The van der Waals surface area contributed by atoms with Crippen molar-refractivity contribution in [2.45, 2.75) is 32.1 Å². The summed E-state index contributed by atoms with van der Waals surface area (Å²) in [6.45, 7) is 3.68. The molecule has 83 valence electrons. The summed E-state index contributed by atoms with van der Waals surface area (Å²) in [5.74, 6) is -2.45. The molecule has 0 aliphatic heterocycles.